The number of hydrogen-bond donors (Lipinski definition) is 1. The number of ether oxygens (including phenoxy) is 2. The molecule has 0 aliphatic carbocycles. The molecule has 198 valence electrons. The highest BCUT2D eigenvalue weighted by Gasteiger charge is 2.37. The zero-order chi connectivity index (χ0) is 25.8. The largest absolute Gasteiger partial charge is 0.535 e. The number of aromatic nitrogens is 3. The summed E-state index contributed by atoms with van der Waals surface area (Å²) in [5.41, 5.74) is 3.10. The van der Waals surface area contributed by atoms with Crippen molar-refractivity contribution in [1.29, 1.82) is 0 Å². The molecule has 2 aromatic rings. The van der Waals surface area contributed by atoms with Crippen LogP contribution in [0.25, 0.3) is 0 Å². The molecule has 0 radical (unpaired) electrons. The summed E-state index contributed by atoms with van der Waals surface area (Å²) in [6.07, 6.45) is 0.601. The van der Waals surface area contributed by atoms with Gasteiger partial charge in [-0.25, -0.2) is 4.68 Å². The average Bonchev–Trinajstić information content (AvgIpc) is 3.25. The summed E-state index contributed by atoms with van der Waals surface area (Å²) < 4.78 is 18.4. The Labute approximate surface area is 216 Å². The fourth-order valence-electron chi connectivity index (χ4n) is 5.19. The molecular formula is C25H34BN5O6. The van der Waals surface area contributed by atoms with Gasteiger partial charge in [-0.1, -0.05) is 17.3 Å². The van der Waals surface area contributed by atoms with Crippen LogP contribution in [0, 0.1) is 0 Å². The summed E-state index contributed by atoms with van der Waals surface area (Å²) in [5, 5.41) is 19.5. The number of fused-ring (bicyclic) bond motifs is 1. The van der Waals surface area contributed by atoms with Gasteiger partial charge in [-0.05, 0) is 25.0 Å². The predicted octanol–water partition coefficient (Wildman–Crippen LogP) is 0.590. The first kappa shape index (κ1) is 26.0. The van der Waals surface area contributed by atoms with E-state index < -0.39 is 12.9 Å². The zero-order valence-electron chi connectivity index (χ0n) is 21.3. The van der Waals surface area contributed by atoms with E-state index in [2.05, 4.69) is 20.1 Å². The number of hydrogen-bond acceptors (Lipinski definition) is 10. The summed E-state index contributed by atoms with van der Waals surface area (Å²) >= 11 is 0. The standard InChI is InChI=1S/C25H34BN5O6/c1-18(32)22-4-2-3-19-13-20(26(34)37-25(19)22)14-21(33)15-31-24(17-30-7-11-36-12-8-30)23(27-28-31)16-29-5-9-35-10-6-29/h2-4,20,34H,5-17H2,1H3/t20-/m1/s1. The van der Waals surface area contributed by atoms with E-state index in [-0.39, 0.29) is 24.5 Å². The van der Waals surface area contributed by atoms with Gasteiger partial charge in [0.15, 0.2) is 11.6 Å². The van der Waals surface area contributed by atoms with Crippen LogP contribution in [-0.2, 0) is 40.3 Å². The molecule has 11 nitrogen and oxygen atoms in total. The van der Waals surface area contributed by atoms with E-state index in [1.165, 1.54) is 6.92 Å². The third kappa shape index (κ3) is 6.27. The topological polar surface area (TPSA) is 119 Å². The number of para-hydroxylation sites is 1. The van der Waals surface area contributed by atoms with Crippen LogP contribution in [0.2, 0.25) is 5.82 Å². The molecule has 5 rings (SSSR count). The van der Waals surface area contributed by atoms with E-state index in [0.717, 1.165) is 43.1 Å². The highest BCUT2D eigenvalue weighted by atomic mass is 16.5. The van der Waals surface area contributed by atoms with Crippen molar-refractivity contribution in [1.82, 2.24) is 24.8 Å². The van der Waals surface area contributed by atoms with Gasteiger partial charge in [-0.15, -0.1) is 5.10 Å². The molecule has 0 unspecified atom stereocenters. The second kappa shape index (κ2) is 11.8. The molecule has 0 amide bonds. The zero-order valence-corrected chi connectivity index (χ0v) is 21.3. The number of Topliss-reactive ketones (excluding diaryl/α,β-unsaturated/α-hetero) is 2. The molecule has 37 heavy (non-hydrogen) atoms. The maximum absolute atomic E-state index is 13.2. The first-order valence-corrected chi connectivity index (χ1v) is 13.0. The Hall–Kier alpha value is -2.64. The van der Waals surface area contributed by atoms with Gasteiger partial charge in [-0.2, -0.15) is 0 Å². The molecule has 12 heteroatoms. The highest BCUT2D eigenvalue weighted by molar-refractivity contribution is 6.47. The van der Waals surface area contributed by atoms with Crippen molar-refractivity contribution in [2.75, 3.05) is 52.6 Å². The van der Waals surface area contributed by atoms with Crippen molar-refractivity contribution >= 4 is 18.7 Å². The lowest BCUT2D eigenvalue weighted by molar-refractivity contribution is -0.120. The second-order valence-electron chi connectivity index (χ2n) is 9.98. The Kier molecular flexibility index (Phi) is 8.31. The fourth-order valence-corrected chi connectivity index (χ4v) is 5.19. The lowest BCUT2D eigenvalue weighted by Gasteiger charge is -2.29. The Balaban J connectivity index is 1.28. The lowest BCUT2D eigenvalue weighted by atomic mass is 9.64. The van der Waals surface area contributed by atoms with Crippen LogP contribution in [0.4, 0.5) is 0 Å². The van der Waals surface area contributed by atoms with E-state index in [1.807, 2.05) is 6.07 Å². The third-order valence-electron chi connectivity index (χ3n) is 7.29. The predicted molar refractivity (Wildman–Crippen MR) is 134 cm³/mol. The lowest BCUT2D eigenvalue weighted by Crippen LogP contribution is -2.38. The van der Waals surface area contributed by atoms with Crippen molar-refractivity contribution < 1.29 is 28.7 Å². The van der Waals surface area contributed by atoms with Gasteiger partial charge in [0, 0.05) is 51.5 Å². The Morgan fingerprint density at radius 2 is 1.73 bits per heavy atom. The number of nitrogens with zero attached hydrogens (tertiary/aromatic N) is 5. The maximum atomic E-state index is 13.2. The van der Waals surface area contributed by atoms with Gasteiger partial charge in [0.05, 0.1) is 37.7 Å². The molecule has 3 aliphatic rings. The van der Waals surface area contributed by atoms with Crippen molar-refractivity contribution in [3.63, 3.8) is 0 Å². The molecule has 0 bridgehead atoms. The summed E-state index contributed by atoms with van der Waals surface area (Å²) in [5.74, 6) is -0.153. The van der Waals surface area contributed by atoms with E-state index in [1.54, 1.807) is 16.8 Å². The van der Waals surface area contributed by atoms with Crippen LogP contribution in [-0.4, -0.2) is 101 Å². The Bertz CT molecular complexity index is 1110. The number of carbonyl (C=O) groups excluding carboxylic acids is 2. The molecule has 1 aromatic heterocycles. The van der Waals surface area contributed by atoms with Crippen LogP contribution >= 0.6 is 0 Å². The number of morpholine rings is 2. The average molecular weight is 511 g/mol. The van der Waals surface area contributed by atoms with Crippen molar-refractivity contribution in [2.45, 2.75) is 45.2 Å². The number of ketones is 2. The van der Waals surface area contributed by atoms with Gasteiger partial charge in [0.1, 0.15) is 18.0 Å². The maximum Gasteiger partial charge on any atom is 0.526 e. The van der Waals surface area contributed by atoms with Crippen LogP contribution in [0.3, 0.4) is 0 Å². The summed E-state index contributed by atoms with van der Waals surface area (Å²) in [7, 11) is -1.16. The first-order chi connectivity index (χ1) is 18.0. The number of rotatable bonds is 9. The van der Waals surface area contributed by atoms with Crippen molar-refractivity contribution in [2.24, 2.45) is 0 Å². The van der Waals surface area contributed by atoms with E-state index in [0.29, 0.717) is 57.3 Å². The van der Waals surface area contributed by atoms with Crippen LogP contribution in [0.5, 0.6) is 5.75 Å². The van der Waals surface area contributed by atoms with Crippen LogP contribution < -0.4 is 4.65 Å². The normalized spacial score (nSPS) is 20.9. The molecule has 4 heterocycles. The molecule has 0 spiro atoms. The van der Waals surface area contributed by atoms with Crippen molar-refractivity contribution in [3.8, 4) is 5.75 Å². The summed E-state index contributed by atoms with van der Waals surface area (Å²) in [6.45, 7) is 8.98. The van der Waals surface area contributed by atoms with Gasteiger partial charge < -0.3 is 19.2 Å². The molecule has 3 aliphatic heterocycles. The van der Waals surface area contributed by atoms with Gasteiger partial charge in [0.2, 0.25) is 0 Å². The Morgan fingerprint density at radius 3 is 2.41 bits per heavy atom. The minimum atomic E-state index is -1.16. The molecule has 1 N–H and O–H groups in total. The Morgan fingerprint density at radius 1 is 1.05 bits per heavy atom. The monoisotopic (exact) mass is 511 g/mol. The smallest absolute Gasteiger partial charge is 0.526 e. The highest BCUT2D eigenvalue weighted by Crippen LogP contribution is 2.36. The molecular weight excluding hydrogens is 477 g/mol. The fraction of sp³-hybridized carbons (Fsp3) is 0.600. The minimum absolute atomic E-state index is 0.0510. The van der Waals surface area contributed by atoms with Gasteiger partial charge in [0.25, 0.3) is 0 Å². The van der Waals surface area contributed by atoms with E-state index >= 15 is 0 Å². The van der Waals surface area contributed by atoms with E-state index in [4.69, 9.17) is 14.1 Å². The third-order valence-corrected chi connectivity index (χ3v) is 7.29. The van der Waals surface area contributed by atoms with Crippen LogP contribution in [0.1, 0.15) is 40.7 Å². The molecule has 2 saturated heterocycles. The minimum Gasteiger partial charge on any atom is -0.535 e. The summed E-state index contributed by atoms with van der Waals surface area (Å²) in [4.78, 5) is 29.7. The SMILES string of the molecule is CC(=O)c1cccc2c1OB(O)[C@@H](CC(=O)Cn1nnc(CN3CCOCC3)c1CN1CCOCC1)C2. The number of carbonyl (C=O) groups is 2. The first-order valence-electron chi connectivity index (χ1n) is 13.0. The van der Waals surface area contributed by atoms with E-state index in [9.17, 15) is 14.6 Å². The molecule has 0 saturated carbocycles. The van der Waals surface area contributed by atoms with Crippen LogP contribution in [0.15, 0.2) is 18.2 Å². The summed E-state index contributed by atoms with van der Waals surface area (Å²) in [6, 6.07) is 5.37. The van der Waals surface area contributed by atoms with Crippen molar-refractivity contribution in [3.05, 3.63) is 40.7 Å². The number of benzene rings is 1. The van der Waals surface area contributed by atoms with Gasteiger partial charge in [-0.3, -0.25) is 19.4 Å². The second-order valence-corrected chi connectivity index (χ2v) is 9.98. The molecule has 1 aromatic carbocycles. The van der Waals surface area contributed by atoms with Gasteiger partial charge >= 0.3 is 7.12 Å². The molecule has 2 fully saturated rings. The quantitative estimate of drug-likeness (QED) is 0.379. The molecule has 1 atom stereocenters.